The Kier molecular flexibility index (Phi) is 11.2. The fraction of sp³-hybridized carbons (Fsp3) is 0.882. The molecule has 0 saturated heterocycles. The Bertz CT molecular complexity index is 437. The maximum Gasteiger partial charge on any atom is 0.307 e. The summed E-state index contributed by atoms with van der Waals surface area (Å²) in [6, 6.07) is 0. The fourth-order valence-electron chi connectivity index (χ4n) is 2.83. The minimum absolute atomic E-state index is 0.0133. The van der Waals surface area contributed by atoms with Gasteiger partial charge in [-0.25, -0.2) is 0 Å². The normalized spacial score (nSPS) is 16.5. The summed E-state index contributed by atoms with van der Waals surface area (Å²) < 4.78 is 12.3. The Hall–Kier alpha value is -0.870. The quantitative estimate of drug-likeness (QED) is 0.408. The van der Waals surface area contributed by atoms with Crippen molar-refractivity contribution in [2.24, 2.45) is 23.5 Å². The SMILES string of the molecule is CCC(CC)CCC(C)CCP(=O)(O)CC(CCC(N)=O)C(=O)O. The second kappa shape index (κ2) is 11.6. The van der Waals surface area contributed by atoms with Crippen molar-refractivity contribution in [1.29, 1.82) is 0 Å². The van der Waals surface area contributed by atoms with Crippen molar-refractivity contribution in [2.75, 3.05) is 12.3 Å². The van der Waals surface area contributed by atoms with E-state index < -0.39 is 25.2 Å². The number of aliphatic carboxylic acids is 1. The Labute approximate surface area is 145 Å². The van der Waals surface area contributed by atoms with Crippen LogP contribution in [0.3, 0.4) is 0 Å². The van der Waals surface area contributed by atoms with Crippen molar-refractivity contribution < 1.29 is 24.2 Å². The molecule has 1 amide bonds. The lowest BCUT2D eigenvalue weighted by atomic mass is 9.92. The second-order valence-corrected chi connectivity index (χ2v) is 9.45. The molecule has 0 aliphatic rings. The summed E-state index contributed by atoms with van der Waals surface area (Å²) in [5.41, 5.74) is 5.02. The van der Waals surface area contributed by atoms with E-state index in [1.54, 1.807) is 0 Å². The van der Waals surface area contributed by atoms with Crippen LogP contribution < -0.4 is 5.73 Å². The van der Waals surface area contributed by atoms with Gasteiger partial charge in [-0.05, 0) is 24.7 Å². The number of primary amides is 1. The van der Waals surface area contributed by atoms with Crippen molar-refractivity contribution in [3.05, 3.63) is 0 Å². The van der Waals surface area contributed by atoms with Crippen LogP contribution in [0.4, 0.5) is 0 Å². The molecule has 0 aromatic carbocycles. The van der Waals surface area contributed by atoms with Gasteiger partial charge in [0.05, 0.1) is 5.92 Å². The van der Waals surface area contributed by atoms with Gasteiger partial charge >= 0.3 is 5.97 Å². The molecule has 3 unspecified atom stereocenters. The van der Waals surface area contributed by atoms with E-state index in [0.717, 1.165) is 25.7 Å². The van der Waals surface area contributed by atoms with E-state index in [1.165, 1.54) is 0 Å². The zero-order valence-corrected chi connectivity index (χ0v) is 16.1. The third-order valence-corrected chi connectivity index (χ3v) is 6.76. The zero-order chi connectivity index (χ0) is 18.8. The van der Waals surface area contributed by atoms with Gasteiger partial charge in [0.15, 0.2) is 0 Å². The minimum Gasteiger partial charge on any atom is -0.481 e. The molecule has 3 atom stereocenters. The number of rotatable bonds is 14. The van der Waals surface area contributed by atoms with Gasteiger partial charge in [-0.15, -0.1) is 0 Å². The Morgan fingerprint density at radius 2 is 1.67 bits per heavy atom. The van der Waals surface area contributed by atoms with Crippen LogP contribution in [0.1, 0.15) is 65.7 Å². The molecule has 6 nitrogen and oxygen atoms in total. The molecule has 0 spiro atoms. The van der Waals surface area contributed by atoms with Gasteiger partial charge in [0.2, 0.25) is 13.3 Å². The largest absolute Gasteiger partial charge is 0.481 e. The standard InChI is InChI=1S/C17H34NO5P/c1-4-14(5-2)7-6-13(3)10-11-24(22,23)12-15(17(20)21)8-9-16(18)19/h13-15H,4-12H2,1-3H3,(H2,18,19)(H,20,21)(H,22,23). The van der Waals surface area contributed by atoms with E-state index in [0.29, 0.717) is 18.3 Å². The molecule has 0 saturated carbocycles. The molecule has 7 heteroatoms. The van der Waals surface area contributed by atoms with E-state index in [-0.39, 0.29) is 25.2 Å². The Balaban J connectivity index is 4.37. The lowest BCUT2D eigenvalue weighted by Gasteiger charge is -2.20. The van der Waals surface area contributed by atoms with Crippen molar-refractivity contribution in [3.63, 3.8) is 0 Å². The number of amides is 1. The molecule has 0 aromatic rings. The number of carboxylic acid groups (broad SMARTS) is 1. The van der Waals surface area contributed by atoms with Crippen LogP contribution in [0.2, 0.25) is 0 Å². The lowest BCUT2D eigenvalue weighted by molar-refractivity contribution is -0.141. The van der Waals surface area contributed by atoms with Crippen LogP contribution in [0, 0.1) is 17.8 Å². The topological polar surface area (TPSA) is 118 Å². The van der Waals surface area contributed by atoms with Gasteiger partial charge in [0, 0.05) is 18.7 Å². The van der Waals surface area contributed by atoms with Crippen molar-refractivity contribution in [3.8, 4) is 0 Å². The Morgan fingerprint density at radius 3 is 2.12 bits per heavy atom. The number of carboxylic acids is 1. The van der Waals surface area contributed by atoms with Gasteiger partial charge in [0.1, 0.15) is 0 Å². The molecule has 4 N–H and O–H groups in total. The first-order valence-electron chi connectivity index (χ1n) is 8.93. The van der Waals surface area contributed by atoms with Crippen LogP contribution in [-0.2, 0) is 14.2 Å². The van der Waals surface area contributed by atoms with Crippen LogP contribution in [0.25, 0.3) is 0 Å². The predicted molar refractivity (Wildman–Crippen MR) is 96.2 cm³/mol. The molecule has 0 rings (SSSR count). The number of carbonyl (C=O) groups excluding carboxylic acids is 1. The number of hydrogen-bond donors (Lipinski definition) is 3. The summed E-state index contributed by atoms with van der Waals surface area (Å²) >= 11 is 0. The molecule has 0 aliphatic heterocycles. The first-order chi connectivity index (χ1) is 11.1. The third-order valence-electron chi connectivity index (χ3n) is 4.79. The molecule has 0 radical (unpaired) electrons. The number of nitrogens with two attached hydrogens (primary N) is 1. The lowest BCUT2D eigenvalue weighted by Crippen LogP contribution is -2.22. The first kappa shape index (κ1) is 23.1. The summed E-state index contributed by atoms with van der Waals surface area (Å²) in [5, 5.41) is 9.14. The molecule has 24 heavy (non-hydrogen) atoms. The predicted octanol–water partition coefficient (Wildman–Crippen LogP) is 3.47. The summed E-state index contributed by atoms with van der Waals surface area (Å²) in [7, 11) is -3.51. The maximum atomic E-state index is 12.3. The minimum atomic E-state index is -3.51. The van der Waals surface area contributed by atoms with Crippen molar-refractivity contribution in [1.82, 2.24) is 0 Å². The molecule has 0 heterocycles. The third kappa shape index (κ3) is 10.8. The van der Waals surface area contributed by atoms with Gasteiger partial charge in [-0.1, -0.05) is 46.5 Å². The maximum absolute atomic E-state index is 12.3. The molecular formula is C17H34NO5P. The average Bonchev–Trinajstić information content (AvgIpc) is 2.50. The molecular weight excluding hydrogens is 329 g/mol. The van der Waals surface area contributed by atoms with E-state index in [9.17, 15) is 19.0 Å². The molecule has 0 aliphatic carbocycles. The molecule has 142 valence electrons. The molecule has 0 fully saturated rings. The Morgan fingerprint density at radius 1 is 1.08 bits per heavy atom. The summed E-state index contributed by atoms with van der Waals surface area (Å²) in [4.78, 5) is 32.1. The first-order valence-corrected chi connectivity index (χ1v) is 11.0. The van der Waals surface area contributed by atoms with Crippen molar-refractivity contribution in [2.45, 2.75) is 65.7 Å². The highest BCUT2D eigenvalue weighted by atomic mass is 31.2. The van der Waals surface area contributed by atoms with E-state index >= 15 is 0 Å². The van der Waals surface area contributed by atoms with Gasteiger partial charge in [0.25, 0.3) is 0 Å². The highest BCUT2D eigenvalue weighted by Crippen LogP contribution is 2.45. The fourth-order valence-corrected chi connectivity index (χ4v) is 4.88. The van der Waals surface area contributed by atoms with Crippen LogP contribution in [0.15, 0.2) is 0 Å². The van der Waals surface area contributed by atoms with Gasteiger partial charge in [-0.2, -0.15) is 0 Å². The van der Waals surface area contributed by atoms with E-state index in [1.807, 2.05) is 0 Å². The van der Waals surface area contributed by atoms with Gasteiger partial charge < -0.3 is 15.7 Å². The average molecular weight is 363 g/mol. The molecule has 0 bridgehead atoms. The zero-order valence-electron chi connectivity index (χ0n) is 15.2. The van der Waals surface area contributed by atoms with E-state index in [2.05, 4.69) is 20.8 Å². The highest BCUT2D eigenvalue weighted by Gasteiger charge is 2.29. The number of carbonyl (C=O) groups is 2. The smallest absolute Gasteiger partial charge is 0.307 e. The molecule has 0 aromatic heterocycles. The van der Waals surface area contributed by atoms with Crippen molar-refractivity contribution >= 4 is 19.2 Å². The van der Waals surface area contributed by atoms with E-state index in [4.69, 9.17) is 10.8 Å². The van der Waals surface area contributed by atoms with Crippen LogP contribution in [-0.4, -0.2) is 34.2 Å². The summed E-state index contributed by atoms with van der Waals surface area (Å²) in [6.45, 7) is 6.43. The monoisotopic (exact) mass is 363 g/mol. The highest BCUT2D eigenvalue weighted by molar-refractivity contribution is 7.58. The summed E-state index contributed by atoms with van der Waals surface area (Å²) in [5.74, 6) is -1.68. The second-order valence-electron chi connectivity index (χ2n) is 6.95. The van der Waals surface area contributed by atoms with Crippen LogP contribution in [0.5, 0.6) is 0 Å². The van der Waals surface area contributed by atoms with Gasteiger partial charge in [-0.3, -0.25) is 14.2 Å². The summed E-state index contributed by atoms with van der Waals surface area (Å²) in [6.07, 6.45) is 4.87. The van der Waals surface area contributed by atoms with Crippen LogP contribution >= 0.6 is 7.37 Å². The number of hydrogen-bond acceptors (Lipinski definition) is 3.